The molecule has 0 spiro atoms. The lowest BCUT2D eigenvalue weighted by Crippen LogP contribution is -2.19. The Morgan fingerprint density at radius 2 is 2.35 bits per heavy atom. The van der Waals surface area contributed by atoms with Crippen LogP contribution in [0.5, 0.6) is 0 Å². The van der Waals surface area contributed by atoms with Gasteiger partial charge >= 0.3 is 0 Å². The molecule has 1 aromatic carbocycles. The molecule has 2 rings (SSSR count). The average molecular weight is 233 g/mol. The standard InChI is InChI=1S/C12H15N3O2/c1-12(2)16-8-11(17-12)10-5-3-4-9(6-10)7-14-15-13/h3-6,11H,7-8H2,1-2H3. The largest absolute Gasteiger partial charge is 0.347 e. The third-order valence-corrected chi connectivity index (χ3v) is 2.65. The quantitative estimate of drug-likeness (QED) is 0.456. The molecule has 17 heavy (non-hydrogen) atoms. The summed E-state index contributed by atoms with van der Waals surface area (Å²) in [5.41, 5.74) is 10.3. The molecule has 5 heteroatoms. The van der Waals surface area contributed by atoms with E-state index in [9.17, 15) is 0 Å². The van der Waals surface area contributed by atoms with Crippen molar-refractivity contribution in [3.8, 4) is 0 Å². The van der Waals surface area contributed by atoms with E-state index in [0.29, 0.717) is 13.2 Å². The lowest BCUT2D eigenvalue weighted by Gasteiger charge is -2.17. The molecule has 0 radical (unpaired) electrons. The van der Waals surface area contributed by atoms with E-state index >= 15 is 0 Å². The SMILES string of the molecule is CC1(C)OCC(c2cccc(CN=[N+]=[N-])c2)O1. The summed E-state index contributed by atoms with van der Waals surface area (Å²) >= 11 is 0. The summed E-state index contributed by atoms with van der Waals surface area (Å²) in [4.78, 5) is 2.75. The van der Waals surface area contributed by atoms with Crippen LogP contribution in [0.15, 0.2) is 29.4 Å². The van der Waals surface area contributed by atoms with Crippen molar-refractivity contribution in [2.24, 2.45) is 5.11 Å². The lowest BCUT2D eigenvalue weighted by atomic mass is 10.1. The Morgan fingerprint density at radius 3 is 3.00 bits per heavy atom. The van der Waals surface area contributed by atoms with E-state index in [-0.39, 0.29) is 6.10 Å². The third-order valence-electron chi connectivity index (χ3n) is 2.65. The van der Waals surface area contributed by atoms with Gasteiger partial charge in [-0.3, -0.25) is 0 Å². The van der Waals surface area contributed by atoms with Crippen molar-refractivity contribution in [1.29, 1.82) is 0 Å². The molecule has 0 aliphatic carbocycles. The Bertz CT molecular complexity index is 453. The van der Waals surface area contributed by atoms with Gasteiger partial charge in [0.2, 0.25) is 0 Å². The van der Waals surface area contributed by atoms with Gasteiger partial charge in [0.15, 0.2) is 5.79 Å². The van der Waals surface area contributed by atoms with Crippen LogP contribution in [0.1, 0.15) is 31.1 Å². The van der Waals surface area contributed by atoms with Gasteiger partial charge in [-0.2, -0.15) is 0 Å². The Labute approximate surface area is 100.0 Å². The molecule has 90 valence electrons. The first-order chi connectivity index (χ1) is 8.11. The third kappa shape index (κ3) is 2.97. The molecule has 1 aliphatic rings. The zero-order valence-electron chi connectivity index (χ0n) is 9.96. The first kappa shape index (κ1) is 11.9. The van der Waals surface area contributed by atoms with Gasteiger partial charge in [-0.1, -0.05) is 29.4 Å². The monoisotopic (exact) mass is 233 g/mol. The minimum Gasteiger partial charge on any atom is -0.347 e. The van der Waals surface area contributed by atoms with Crippen molar-refractivity contribution in [2.45, 2.75) is 32.3 Å². The Morgan fingerprint density at radius 1 is 1.53 bits per heavy atom. The number of ether oxygens (including phenoxy) is 2. The molecular formula is C12H15N3O2. The summed E-state index contributed by atoms with van der Waals surface area (Å²) in [6.45, 7) is 4.72. The van der Waals surface area contributed by atoms with E-state index < -0.39 is 5.79 Å². The Kier molecular flexibility index (Phi) is 3.33. The minimum atomic E-state index is -0.522. The molecule has 0 amide bonds. The Balaban J connectivity index is 2.14. The molecule has 0 aromatic heterocycles. The fourth-order valence-electron chi connectivity index (χ4n) is 1.86. The van der Waals surface area contributed by atoms with Crippen molar-refractivity contribution in [3.05, 3.63) is 45.8 Å². The second-order valence-electron chi connectivity index (χ2n) is 4.45. The predicted octanol–water partition coefficient (Wildman–Crippen LogP) is 3.32. The maximum Gasteiger partial charge on any atom is 0.163 e. The molecule has 1 atom stereocenters. The number of azide groups is 1. The van der Waals surface area contributed by atoms with Gasteiger partial charge in [-0.15, -0.1) is 0 Å². The molecule has 1 saturated heterocycles. The van der Waals surface area contributed by atoms with Gasteiger partial charge in [0.25, 0.3) is 0 Å². The van der Waals surface area contributed by atoms with Crippen LogP contribution in [0.25, 0.3) is 10.4 Å². The minimum absolute atomic E-state index is 0.0454. The number of hydrogen-bond donors (Lipinski definition) is 0. The molecule has 5 nitrogen and oxygen atoms in total. The maximum atomic E-state index is 8.29. The fourth-order valence-corrected chi connectivity index (χ4v) is 1.86. The molecule has 1 aromatic rings. The molecule has 0 bridgehead atoms. The lowest BCUT2D eigenvalue weighted by molar-refractivity contribution is -0.139. The molecular weight excluding hydrogens is 218 g/mol. The van der Waals surface area contributed by atoms with Crippen LogP contribution < -0.4 is 0 Å². The number of nitrogens with zero attached hydrogens (tertiary/aromatic N) is 3. The summed E-state index contributed by atoms with van der Waals surface area (Å²) in [6.07, 6.45) is -0.0454. The van der Waals surface area contributed by atoms with E-state index in [2.05, 4.69) is 10.0 Å². The van der Waals surface area contributed by atoms with Crippen LogP contribution in [0.3, 0.4) is 0 Å². The maximum absolute atomic E-state index is 8.29. The average Bonchev–Trinajstić information content (AvgIpc) is 2.67. The van der Waals surface area contributed by atoms with Crippen LogP contribution in [0.2, 0.25) is 0 Å². The summed E-state index contributed by atoms with van der Waals surface area (Å²) in [7, 11) is 0. The van der Waals surface area contributed by atoms with Crippen LogP contribution in [0, 0.1) is 0 Å². The first-order valence-corrected chi connectivity index (χ1v) is 5.52. The zero-order valence-corrected chi connectivity index (χ0v) is 9.96. The van der Waals surface area contributed by atoms with Crippen LogP contribution >= 0.6 is 0 Å². The van der Waals surface area contributed by atoms with Crippen molar-refractivity contribution in [3.63, 3.8) is 0 Å². The highest BCUT2D eigenvalue weighted by Crippen LogP contribution is 2.32. The molecule has 1 fully saturated rings. The van der Waals surface area contributed by atoms with E-state index in [0.717, 1.165) is 11.1 Å². The van der Waals surface area contributed by atoms with Crippen molar-refractivity contribution >= 4 is 0 Å². The second kappa shape index (κ2) is 4.75. The van der Waals surface area contributed by atoms with Gasteiger partial charge in [0.1, 0.15) is 6.10 Å². The van der Waals surface area contributed by atoms with Crippen LogP contribution in [-0.4, -0.2) is 12.4 Å². The Hall–Kier alpha value is -1.55. The fraction of sp³-hybridized carbons (Fsp3) is 0.500. The van der Waals surface area contributed by atoms with Crippen molar-refractivity contribution < 1.29 is 9.47 Å². The van der Waals surface area contributed by atoms with Gasteiger partial charge in [-0.25, -0.2) is 0 Å². The van der Waals surface area contributed by atoms with Gasteiger partial charge < -0.3 is 9.47 Å². The van der Waals surface area contributed by atoms with Crippen molar-refractivity contribution in [1.82, 2.24) is 0 Å². The highest BCUT2D eigenvalue weighted by molar-refractivity contribution is 5.26. The van der Waals surface area contributed by atoms with Gasteiger partial charge in [0, 0.05) is 4.91 Å². The summed E-state index contributed by atoms with van der Waals surface area (Å²) in [5.74, 6) is -0.522. The zero-order chi connectivity index (χ0) is 12.3. The van der Waals surface area contributed by atoms with E-state index in [1.165, 1.54) is 0 Å². The van der Waals surface area contributed by atoms with Gasteiger partial charge in [0.05, 0.1) is 13.2 Å². The molecule has 1 heterocycles. The summed E-state index contributed by atoms with van der Waals surface area (Å²) in [5, 5.41) is 3.55. The normalized spacial score (nSPS) is 22.1. The van der Waals surface area contributed by atoms with Crippen molar-refractivity contribution in [2.75, 3.05) is 6.61 Å². The molecule has 0 saturated carbocycles. The number of rotatable bonds is 3. The van der Waals surface area contributed by atoms with Crippen LogP contribution in [0.4, 0.5) is 0 Å². The van der Waals surface area contributed by atoms with Crippen LogP contribution in [-0.2, 0) is 16.0 Å². The number of benzene rings is 1. The number of hydrogen-bond acceptors (Lipinski definition) is 3. The smallest absolute Gasteiger partial charge is 0.163 e. The van der Waals surface area contributed by atoms with E-state index in [1.807, 2.05) is 38.1 Å². The highest BCUT2D eigenvalue weighted by Gasteiger charge is 2.33. The molecule has 1 unspecified atom stereocenters. The van der Waals surface area contributed by atoms with Gasteiger partial charge in [-0.05, 0) is 30.5 Å². The summed E-state index contributed by atoms with van der Waals surface area (Å²) in [6, 6.07) is 7.85. The highest BCUT2D eigenvalue weighted by atomic mass is 16.7. The second-order valence-corrected chi connectivity index (χ2v) is 4.45. The van der Waals surface area contributed by atoms with E-state index in [4.69, 9.17) is 15.0 Å². The first-order valence-electron chi connectivity index (χ1n) is 5.52. The van der Waals surface area contributed by atoms with E-state index in [1.54, 1.807) is 0 Å². The topological polar surface area (TPSA) is 67.2 Å². The predicted molar refractivity (Wildman–Crippen MR) is 63.1 cm³/mol. The molecule has 0 N–H and O–H groups in total. The molecule has 1 aliphatic heterocycles. The summed E-state index contributed by atoms with van der Waals surface area (Å²) < 4.78 is 11.3.